The summed E-state index contributed by atoms with van der Waals surface area (Å²) in [5.74, 6) is 2.11. The summed E-state index contributed by atoms with van der Waals surface area (Å²) in [5.41, 5.74) is 1.25. The summed E-state index contributed by atoms with van der Waals surface area (Å²) >= 11 is 0. The second kappa shape index (κ2) is 5.43. The van der Waals surface area contributed by atoms with Crippen LogP contribution in [0, 0.1) is 11.8 Å². The topological polar surface area (TPSA) is 0 Å². The Labute approximate surface area is 115 Å². The van der Waals surface area contributed by atoms with E-state index >= 15 is 0 Å². The minimum atomic E-state index is 0.492. The van der Waals surface area contributed by atoms with E-state index in [0.29, 0.717) is 7.92 Å². The summed E-state index contributed by atoms with van der Waals surface area (Å²) in [5, 5.41) is 0.978. The third-order valence-electron chi connectivity index (χ3n) is 5.97. The van der Waals surface area contributed by atoms with Crippen molar-refractivity contribution in [2.75, 3.05) is 6.16 Å². The van der Waals surface area contributed by atoms with Gasteiger partial charge in [0.05, 0.1) is 0 Å². The molecule has 3 rings (SSSR count). The summed E-state index contributed by atoms with van der Waals surface area (Å²) in [7, 11) is 0.492. The molecule has 0 amide bonds. The lowest BCUT2D eigenvalue weighted by molar-refractivity contribution is 0.362. The van der Waals surface area contributed by atoms with Gasteiger partial charge in [-0.25, -0.2) is 0 Å². The van der Waals surface area contributed by atoms with Crippen molar-refractivity contribution in [2.24, 2.45) is 11.8 Å². The molecule has 0 aromatic rings. The van der Waals surface area contributed by atoms with Crippen molar-refractivity contribution in [1.29, 1.82) is 0 Å². The highest BCUT2D eigenvalue weighted by Gasteiger charge is 2.68. The van der Waals surface area contributed by atoms with E-state index in [1.165, 1.54) is 30.8 Å². The molecule has 4 unspecified atom stereocenters. The molecular formula is C17H31P. The van der Waals surface area contributed by atoms with Crippen LogP contribution in [-0.4, -0.2) is 17.0 Å². The van der Waals surface area contributed by atoms with Gasteiger partial charge in [0.2, 0.25) is 0 Å². The van der Waals surface area contributed by atoms with Gasteiger partial charge < -0.3 is 0 Å². The molecule has 1 spiro atoms. The third kappa shape index (κ3) is 2.28. The van der Waals surface area contributed by atoms with E-state index in [2.05, 4.69) is 13.8 Å². The predicted octanol–water partition coefficient (Wildman–Crippen LogP) is 5.79. The van der Waals surface area contributed by atoms with Gasteiger partial charge in [0.25, 0.3) is 0 Å². The first kappa shape index (κ1) is 13.4. The van der Waals surface area contributed by atoms with Crippen molar-refractivity contribution in [3.63, 3.8) is 0 Å². The van der Waals surface area contributed by atoms with Crippen LogP contribution in [0.2, 0.25) is 0 Å². The smallest absolute Gasteiger partial charge is 0.000418 e. The molecule has 1 aliphatic heterocycles. The van der Waals surface area contributed by atoms with E-state index in [1.807, 2.05) is 0 Å². The zero-order valence-electron chi connectivity index (χ0n) is 12.5. The molecule has 1 saturated heterocycles. The Bertz CT molecular complexity index is 285. The molecular weight excluding hydrogens is 235 g/mol. The lowest BCUT2D eigenvalue weighted by Gasteiger charge is -2.24. The molecule has 0 aromatic heterocycles. The number of hydrogen-bond donors (Lipinski definition) is 0. The van der Waals surface area contributed by atoms with Gasteiger partial charge in [0.15, 0.2) is 0 Å². The molecule has 1 heterocycles. The van der Waals surface area contributed by atoms with Crippen LogP contribution < -0.4 is 0 Å². The predicted molar refractivity (Wildman–Crippen MR) is 82.8 cm³/mol. The van der Waals surface area contributed by atoms with E-state index in [9.17, 15) is 0 Å². The zero-order chi connectivity index (χ0) is 12.6. The molecule has 104 valence electrons. The number of unbranched alkanes of at least 4 members (excludes halogenated alkanes) is 2. The van der Waals surface area contributed by atoms with Gasteiger partial charge in [-0.05, 0) is 55.8 Å². The normalized spacial score (nSPS) is 41.8. The largest absolute Gasteiger partial charge is 0.0953 e. The molecule has 0 aromatic carbocycles. The monoisotopic (exact) mass is 266 g/mol. The maximum atomic E-state index is 2.36. The molecule has 2 saturated carbocycles. The van der Waals surface area contributed by atoms with Gasteiger partial charge in [-0.1, -0.05) is 53.9 Å². The number of hydrogen-bond acceptors (Lipinski definition) is 0. The highest BCUT2D eigenvalue weighted by atomic mass is 31.1. The van der Waals surface area contributed by atoms with E-state index in [1.54, 1.807) is 51.1 Å². The fourth-order valence-electron chi connectivity index (χ4n) is 5.11. The zero-order valence-corrected chi connectivity index (χ0v) is 13.4. The SMILES string of the molecule is CC(C)CCCCCP1C2CCCC3CCCC321. The Hall–Kier alpha value is 0.430. The maximum Gasteiger partial charge on any atom is 0.000418 e. The minimum absolute atomic E-state index is 0.492. The second-order valence-electron chi connectivity index (χ2n) is 7.46. The molecule has 0 nitrogen and oxygen atoms in total. The summed E-state index contributed by atoms with van der Waals surface area (Å²) < 4.78 is 0. The van der Waals surface area contributed by atoms with Crippen LogP contribution in [0.15, 0.2) is 0 Å². The molecule has 0 N–H and O–H groups in total. The summed E-state index contributed by atoms with van der Waals surface area (Å²) in [4.78, 5) is 0. The van der Waals surface area contributed by atoms with Crippen LogP contribution in [0.25, 0.3) is 0 Å². The highest BCUT2D eigenvalue weighted by molar-refractivity contribution is 7.68. The Morgan fingerprint density at radius 2 is 1.89 bits per heavy atom. The van der Waals surface area contributed by atoms with Gasteiger partial charge in [-0.15, -0.1) is 0 Å². The Morgan fingerprint density at radius 1 is 1.06 bits per heavy atom. The Morgan fingerprint density at radius 3 is 2.72 bits per heavy atom. The highest BCUT2D eigenvalue weighted by Crippen LogP contribution is 2.85. The molecule has 0 radical (unpaired) electrons. The van der Waals surface area contributed by atoms with E-state index < -0.39 is 0 Å². The van der Waals surface area contributed by atoms with Crippen molar-refractivity contribution in [2.45, 2.75) is 88.9 Å². The maximum absolute atomic E-state index is 2.36. The quantitative estimate of drug-likeness (QED) is 0.421. The van der Waals surface area contributed by atoms with Crippen LogP contribution >= 0.6 is 7.92 Å². The van der Waals surface area contributed by atoms with Crippen molar-refractivity contribution >= 4 is 7.92 Å². The van der Waals surface area contributed by atoms with E-state index in [4.69, 9.17) is 0 Å². The van der Waals surface area contributed by atoms with Crippen LogP contribution in [0.3, 0.4) is 0 Å². The van der Waals surface area contributed by atoms with Crippen LogP contribution in [0.4, 0.5) is 0 Å². The van der Waals surface area contributed by atoms with Crippen LogP contribution in [-0.2, 0) is 0 Å². The Kier molecular flexibility index (Phi) is 4.05. The van der Waals surface area contributed by atoms with E-state index in [-0.39, 0.29) is 0 Å². The molecule has 0 bridgehead atoms. The van der Waals surface area contributed by atoms with Gasteiger partial charge in [0.1, 0.15) is 0 Å². The van der Waals surface area contributed by atoms with Gasteiger partial charge in [-0.3, -0.25) is 0 Å². The summed E-state index contributed by atoms with van der Waals surface area (Å²) in [6.07, 6.45) is 17.3. The standard InChI is InChI=1S/C17H31P/c1-14(2)8-4-3-5-13-18-16-11-6-9-15-10-7-12-17(15,16)18/h14-16H,3-13H2,1-2H3. The Balaban J connectivity index is 1.42. The third-order valence-corrected chi connectivity index (χ3v) is 9.93. The van der Waals surface area contributed by atoms with Gasteiger partial charge in [-0.2, -0.15) is 0 Å². The lowest BCUT2D eigenvalue weighted by Crippen LogP contribution is -2.24. The van der Waals surface area contributed by atoms with Crippen molar-refractivity contribution in [1.82, 2.24) is 0 Å². The summed E-state index contributed by atoms with van der Waals surface area (Å²) in [6, 6.07) is 0. The second-order valence-corrected chi connectivity index (χ2v) is 10.3. The van der Waals surface area contributed by atoms with E-state index in [0.717, 1.165) is 11.1 Å². The van der Waals surface area contributed by atoms with Crippen molar-refractivity contribution in [3.05, 3.63) is 0 Å². The molecule has 3 fully saturated rings. The molecule has 3 aliphatic rings. The molecule has 1 heteroatoms. The van der Waals surface area contributed by atoms with Gasteiger partial charge in [0, 0.05) is 5.16 Å². The number of rotatable bonds is 6. The van der Waals surface area contributed by atoms with Crippen LogP contribution in [0.1, 0.15) is 78.1 Å². The fourth-order valence-corrected chi connectivity index (χ4v) is 9.74. The molecule has 18 heavy (non-hydrogen) atoms. The average Bonchev–Trinajstić information content (AvgIpc) is 2.78. The van der Waals surface area contributed by atoms with Crippen LogP contribution in [0.5, 0.6) is 0 Å². The minimum Gasteiger partial charge on any atom is -0.0953 e. The first-order chi connectivity index (χ1) is 8.75. The molecule has 2 aliphatic carbocycles. The van der Waals surface area contributed by atoms with Gasteiger partial charge >= 0.3 is 0 Å². The first-order valence-electron chi connectivity index (χ1n) is 8.52. The molecule has 4 atom stereocenters. The fraction of sp³-hybridized carbons (Fsp3) is 1.00. The summed E-state index contributed by atoms with van der Waals surface area (Å²) in [6.45, 7) is 4.73. The van der Waals surface area contributed by atoms with Crippen molar-refractivity contribution < 1.29 is 0 Å². The first-order valence-corrected chi connectivity index (χ1v) is 10.1. The lowest BCUT2D eigenvalue weighted by atomic mass is 9.82. The van der Waals surface area contributed by atoms with Crippen molar-refractivity contribution in [3.8, 4) is 0 Å². The average molecular weight is 266 g/mol.